The highest BCUT2D eigenvalue weighted by atomic mass is 32.2. The molecule has 0 bridgehead atoms. The van der Waals surface area contributed by atoms with Crippen LogP contribution in [0.3, 0.4) is 0 Å². The van der Waals surface area contributed by atoms with Gasteiger partial charge in [0, 0.05) is 10.4 Å². The molecule has 1 aliphatic heterocycles. The molecule has 0 spiro atoms. The summed E-state index contributed by atoms with van der Waals surface area (Å²) in [6.07, 6.45) is 4.01. The van der Waals surface area contributed by atoms with Gasteiger partial charge in [0.05, 0.1) is 6.54 Å². The van der Waals surface area contributed by atoms with E-state index < -0.39 is 0 Å². The molecule has 0 saturated carbocycles. The van der Waals surface area contributed by atoms with Gasteiger partial charge in [-0.3, -0.25) is 4.99 Å². The van der Waals surface area contributed by atoms with Crippen molar-refractivity contribution in [3.05, 3.63) is 24.4 Å². The fraction of sp³-hybridized carbons (Fsp3) is 0.500. The number of aliphatic imine (C=N–C) groups is 1. The van der Waals surface area contributed by atoms with E-state index in [0.717, 1.165) is 5.17 Å². The summed E-state index contributed by atoms with van der Waals surface area (Å²) in [6, 6.07) is 0. The van der Waals surface area contributed by atoms with E-state index in [-0.39, 0.29) is 4.75 Å². The van der Waals surface area contributed by atoms with Gasteiger partial charge in [-0.15, -0.1) is 6.58 Å². The SMILES string of the molecule is C=CCN=C1NC(C)=CC(C)(C)S1. The van der Waals surface area contributed by atoms with E-state index in [0.29, 0.717) is 6.54 Å². The summed E-state index contributed by atoms with van der Waals surface area (Å²) in [4.78, 5) is 4.36. The molecule has 0 amide bonds. The van der Waals surface area contributed by atoms with Gasteiger partial charge in [0.1, 0.15) is 0 Å². The second-order valence-corrected chi connectivity index (χ2v) is 5.24. The van der Waals surface area contributed by atoms with Crippen molar-refractivity contribution in [2.24, 2.45) is 4.99 Å². The third-order valence-electron chi connectivity index (χ3n) is 1.59. The van der Waals surface area contributed by atoms with Gasteiger partial charge in [-0.2, -0.15) is 0 Å². The lowest BCUT2D eigenvalue weighted by molar-refractivity contribution is 0.866. The Labute approximate surface area is 84.2 Å². The third-order valence-corrected chi connectivity index (χ3v) is 2.66. The highest BCUT2D eigenvalue weighted by Gasteiger charge is 2.23. The smallest absolute Gasteiger partial charge is 0.161 e. The normalized spacial score (nSPS) is 23.6. The summed E-state index contributed by atoms with van der Waals surface area (Å²) in [7, 11) is 0. The van der Waals surface area contributed by atoms with Gasteiger partial charge in [-0.05, 0) is 26.8 Å². The zero-order valence-corrected chi connectivity index (χ0v) is 9.24. The zero-order chi connectivity index (χ0) is 9.90. The van der Waals surface area contributed by atoms with Crippen molar-refractivity contribution in [3.8, 4) is 0 Å². The number of allylic oxidation sites excluding steroid dienone is 1. The average molecular weight is 196 g/mol. The highest BCUT2D eigenvalue weighted by Crippen LogP contribution is 2.30. The monoisotopic (exact) mass is 196 g/mol. The molecule has 0 aliphatic carbocycles. The van der Waals surface area contributed by atoms with Crippen LogP contribution < -0.4 is 5.32 Å². The van der Waals surface area contributed by atoms with Crippen LogP contribution in [-0.4, -0.2) is 16.5 Å². The van der Waals surface area contributed by atoms with Crippen molar-refractivity contribution in [1.29, 1.82) is 0 Å². The predicted octanol–water partition coefficient (Wildman–Crippen LogP) is 2.55. The molecule has 0 aromatic rings. The number of hydrogen-bond donors (Lipinski definition) is 1. The van der Waals surface area contributed by atoms with Crippen molar-refractivity contribution in [1.82, 2.24) is 5.32 Å². The minimum Gasteiger partial charge on any atom is -0.339 e. The number of thioether (sulfide) groups is 1. The Morgan fingerprint density at radius 3 is 2.92 bits per heavy atom. The van der Waals surface area contributed by atoms with Crippen LogP contribution in [0.15, 0.2) is 29.4 Å². The molecule has 0 aromatic heterocycles. The first kappa shape index (κ1) is 10.4. The maximum atomic E-state index is 4.36. The quantitative estimate of drug-likeness (QED) is 0.686. The van der Waals surface area contributed by atoms with Crippen LogP contribution >= 0.6 is 11.8 Å². The molecule has 13 heavy (non-hydrogen) atoms. The minimum absolute atomic E-state index is 0.148. The number of amidine groups is 1. The van der Waals surface area contributed by atoms with E-state index in [2.05, 4.69) is 43.7 Å². The number of hydrogen-bond acceptors (Lipinski definition) is 2. The summed E-state index contributed by atoms with van der Waals surface area (Å²) in [5.74, 6) is 0. The van der Waals surface area contributed by atoms with E-state index in [1.54, 1.807) is 17.8 Å². The Balaban J connectivity index is 2.74. The average Bonchev–Trinajstić information content (AvgIpc) is 1.97. The van der Waals surface area contributed by atoms with E-state index >= 15 is 0 Å². The van der Waals surface area contributed by atoms with Gasteiger partial charge >= 0.3 is 0 Å². The Morgan fingerprint density at radius 1 is 1.69 bits per heavy atom. The van der Waals surface area contributed by atoms with Crippen LogP contribution in [0.2, 0.25) is 0 Å². The first-order valence-electron chi connectivity index (χ1n) is 4.34. The van der Waals surface area contributed by atoms with Crippen LogP contribution in [0.1, 0.15) is 20.8 Å². The van der Waals surface area contributed by atoms with Crippen molar-refractivity contribution in [2.45, 2.75) is 25.5 Å². The second-order valence-electron chi connectivity index (χ2n) is 3.59. The van der Waals surface area contributed by atoms with Crippen LogP contribution in [0.5, 0.6) is 0 Å². The molecule has 72 valence electrons. The summed E-state index contributed by atoms with van der Waals surface area (Å²) in [5.41, 5.74) is 1.17. The molecule has 2 nitrogen and oxygen atoms in total. The molecule has 0 aromatic carbocycles. The lowest BCUT2D eigenvalue weighted by atomic mass is 10.2. The first-order valence-corrected chi connectivity index (χ1v) is 5.16. The van der Waals surface area contributed by atoms with Crippen molar-refractivity contribution in [2.75, 3.05) is 6.54 Å². The van der Waals surface area contributed by atoms with Gasteiger partial charge in [0.15, 0.2) is 5.17 Å². The molecule has 1 heterocycles. The summed E-state index contributed by atoms with van der Waals surface area (Å²) >= 11 is 1.75. The molecule has 1 N–H and O–H groups in total. The minimum atomic E-state index is 0.148. The molecule has 0 atom stereocenters. The van der Waals surface area contributed by atoms with Gasteiger partial charge in [-0.1, -0.05) is 17.8 Å². The molecule has 1 rings (SSSR count). The Hall–Kier alpha value is -0.700. The Morgan fingerprint density at radius 2 is 2.38 bits per heavy atom. The van der Waals surface area contributed by atoms with E-state index in [4.69, 9.17) is 0 Å². The molecule has 3 heteroatoms. The van der Waals surface area contributed by atoms with Crippen molar-refractivity contribution in [3.63, 3.8) is 0 Å². The summed E-state index contributed by atoms with van der Waals surface area (Å²) in [6.45, 7) is 10.8. The van der Waals surface area contributed by atoms with E-state index in [9.17, 15) is 0 Å². The fourth-order valence-corrected chi connectivity index (χ4v) is 2.33. The maximum absolute atomic E-state index is 4.36. The molecule has 0 saturated heterocycles. The topological polar surface area (TPSA) is 24.4 Å². The highest BCUT2D eigenvalue weighted by molar-refractivity contribution is 8.15. The molecule has 1 aliphatic rings. The molecular formula is C10H16N2S. The lowest BCUT2D eigenvalue weighted by Gasteiger charge is -2.27. The largest absolute Gasteiger partial charge is 0.339 e. The van der Waals surface area contributed by atoms with Gasteiger partial charge in [-0.25, -0.2) is 0 Å². The number of nitrogens with zero attached hydrogens (tertiary/aromatic N) is 1. The Kier molecular flexibility index (Phi) is 3.20. The lowest BCUT2D eigenvalue weighted by Crippen LogP contribution is -2.31. The van der Waals surface area contributed by atoms with Gasteiger partial charge < -0.3 is 5.32 Å². The van der Waals surface area contributed by atoms with E-state index in [1.165, 1.54) is 5.70 Å². The van der Waals surface area contributed by atoms with Gasteiger partial charge in [0.2, 0.25) is 0 Å². The van der Waals surface area contributed by atoms with Crippen LogP contribution in [-0.2, 0) is 0 Å². The van der Waals surface area contributed by atoms with E-state index in [1.807, 2.05) is 0 Å². The Bertz CT molecular complexity index is 264. The standard InChI is InChI=1S/C10H16N2S/c1-5-6-11-9-12-8(2)7-10(3,4)13-9/h5,7H,1,6H2,2-4H3,(H,11,12). The first-order chi connectivity index (χ1) is 6.03. The fourth-order valence-electron chi connectivity index (χ4n) is 1.25. The molecular weight excluding hydrogens is 180 g/mol. The summed E-state index contributed by atoms with van der Waals surface area (Å²) < 4.78 is 0.148. The van der Waals surface area contributed by atoms with Crippen molar-refractivity contribution >= 4 is 16.9 Å². The second kappa shape index (κ2) is 4.01. The zero-order valence-electron chi connectivity index (χ0n) is 8.42. The predicted molar refractivity (Wildman–Crippen MR) is 61.1 cm³/mol. The van der Waals surface area contributed by atoms with Crippen LogP contribution in [0.4, 0.5) is 0 Å². The molecule has 0 unspecified atom stereocenters. The van der Waals surface area contributed by atoms with Crippen LogP contribution in [0, 0.1) is 0 Å². The number of rotatable bonds is 2. The number of nitrogens with one attached hydrogen (secondary N) is 1. The van der Waals surface area contributed by atoms with Gasteiger partial charge in [0.25, 0.3) is 0 Å². The molecule has 0 fully saturated rings. The summed E-state index contributed by atoms with van der Waals surface area (Å²) in [5, 5.41) is 4.22. The van der Waals surface area contributed by atoms with Crippen molar-refractivity contribution < 1.29 is 0 Å². The third kappa shape index (κ3) is 3.27. The maximum Gasteiger partial charge on any atom is 0.161 e. The van der Waals surface area contributed by atoms with Crippen LogP contribution in [0.25, 0.3) is 0 Å². The molecule has 0 radical (unpaired) electrons.